The highest BCUT2D eigenvalue weighted by atomic mass is 31.2. The van der Waals surface area contributed by atoms with Gasteiger partial charge < -0.3 is 27.9 Å². The number of allylic oxidation sites excluding steroid dienone is 6. The molecule has 340 valence electrons. The Balaban J connectivity index is 4.34. The molecule has 0 heterocycles. The minimum absolute atomic E-state index is 0.0337. The number of likely N-dealkylation sites (N-methyl/N-ethyl adjacent to an activating group) is 1. The fourth-order valence-corrected chi connectivity index (χ4v) is 7.16. The lowest BCUT2D eigenvalue weighted by atomic mass is 10.0. The summed E-state index contributed by atoms with van der Waals surface area (Å²) in [5.74, 6) is -0.853. The Morgan fingerprint density at radius 2 is 0.931 bits per heavy atom. The Labute approximate surface area is 357 Å². The number of phosphoric acid groups is 1. The number of carbonyl (C=O) groups is 2. The molecule has 0 aromatic carbocycles. The van der Waals surface area contributed by atoms with Gasteiger partial charge in [0.05, 0.1) is 27.7 Å². The molecule has 9 nitrogen and oxygen atoms in total. The van der Waals surface area contributed by atoms with E-state index in [1.807, 2.05) is 21.1 Å². The fraction of sp³-hybridized carbons (Fsp3) is 0.833. The third-order valence-electron chi connectivity index (χ3n) is 10.2. The van der Waals surface area contributed by atoms with Crippen molar-refractivity contribution in [2.24, 2.45) is 0 Å². The van der Waals surface area contributed by atoms with Crippen LogP contribution in [0.1, 0.15) is 206 Å². The molecule has 0 aromatic heterocycles. The van der Waals surface area contributed by atoms with Crippen molar-refractivity contribution < 1.29 is 42.1 Å². The summed E-state index contributed by atoms with van der Waals surface area (Å²) < 4.78 is 33.9. The van der Waals surface area contributed by atoms with Crippen LogP contribution < -0.4 is 4.89 Å². The summed E-state index contributed by atoms with van der Waals surface area (Å²) in [5.41, 5.74) is 0. The van der Waals surface area contributed by atoms with Crippen molar-refractivity contribution in [2.75, 3.05) is 47.5 Å². The number of hydrogen-bond donors (Lipinski definition) is 0. The van der Waals surface area contributed by atoms with Gasteiger partial charge in [-0.1, -0.05) is 179 Å². The Kier molecular flexibility index (Phi) is 39.4. The lowest BCUT2D eigenvalue weighted by Gasteiger charge is -2.28. The highest BCUT2D eigenvalue weighted by Crippen LogP contribution is 2.38. The number of unbranched alkanes of at least 4 members (excludes halogenated alkanes) is 23. The van der Waals surface area contributed by atoms with Crippen molar-refractivity contribution in [3.05, 3.63) is 36.5 Å². The van der Waals surface area contributed by atoms with Gasteiger partial charge in [0.25, 0.3) is 7.82 Å². The number of quaternary nitrogens is 1. The van der Waals surface area contributed by atoms with E-state index in [1.54, 1.807) is 0 Å². The van der Waals surface area contributed by atoms with Crippen LogP contribution in [0.2, 0.25) is 0 Å². The summed E-state index contributed by atoms with van der Waals surface area (Å²) >= 11 is 0. The standard InChI is InChI=1S/C48H90NO8P/c1-6-8-10-12-14-16-18-20-22-24-26-28-30-32-34-36-38-40-47(50)54-44-46(45-56-58(52,53)55-43-42-49(3,4)5)57-48(51)41-39-37-35-33-31-29-27-25-23-21-19-17-15-13-11-9-7-2/h14,16,20,22,26,28,46H,6-13,15,17-19,21,23-25,27,29-45H2,1-5H3/b16-14-,22-20-,28-26-/t46-/m1/s1. The SMILES string of the molecule is CCCCC/C=C\C/C=C\C/C=C\CCCCCCC(=O)OC[C@H](COP(=O)([O-])OCC[N+](C)(C)C)OC(=O)CCCCCCCCCCCCCCCCCCC. The maximum Gasteiger partial charge on any atom is 0.306 e. The maximum absolute atomic E-state index is 12.7. The Bertz CT molecular complexity index is 1090. The van der Waals surface area contributed by atoms with Crippen LogP contribution in [0.5, 0.6) is 0 Å². The molecule has 0 aliphatic carbocycles. The van der Waals surface area contributed by atoms with Crippen LogP contribution in [0.4, 0.5) is 0 Å². The zero-order valence-corrected chi connectivity index (χ0v) is 39.1. The van der Waals surface area contributed by atoms with E-state index in [0.717, 1.165) is 51.4 Å². The van der Waals surface area contributed by atoms with Crippen LogP contribution in [0, 0.1) is 0 Å². The van der Waals surface area contributed by atoms with Crippen molar-refractivity contribution >= 4 is 19.8 Å². The van der Waals surface area contributed by atoms with Crippen LogP contribution >= 0.6 is 7.82 Å². The number of phosphoric ester groups is 1. The van der Waals surface area contributed by atoms with Crippen LogP contribution in [-0.2, 0) is 32.7 Å². The van der Waals surface area contributed by atoms with Gasteiger partial charge in [-0.2, -0.15) is 0 Å². The molecule has 0 saturated heterocycles. The van der Waals surface area contributed by atoms with E-state index in [0.29, 0.717) is 23.9 Å². The summed E-state index contributed by atoms with van der Waals surface area (Å²) in [6.07, 6.45) is 45.9. The second kappa shape index (κ2) is 40.6. The van der Waals surface area contributed by atoms with Gasteiger partial charge in [0.2, 0.25) is 0 Å². The molecule has 0 aromatic rings. The van der Waals surface area contributed by atoms with Gasteiger partial charge in [-0.25, -0.2) is 0 Å². The summed E-state index contributed by atoms with van der Waals surface area (Å²) in [6, 6.07) is 0. The van der Waals surface area contributed by atoms with Crippen molar-refractivity contribution in [3.63, 3.8) is 0 Å². The van der Waals surface area contributed by atoms with Gasteiger partial charge in [-0.05, 0) is 51.4 Å². The highest BCUT2D eigenvalue weighted by Gasteiger charge is 2.21. The van der Waals surface area contributed by atoms with Gasteiger partial charge in [-0.15, -0.1) is 0 Å². The van der Waals surface area contributed by atoms with E-state index in [9.17, 15) is 19.0 Å². The second-order valence-corrected chi connectivity index (χ2v) is 18.5. The monoisotopic (exact) mass is 840 g/mol. The van der Waals surface area contributed by atoms with Crippen LogP contribution in [0.15, 0.2) is 36.5 Å². The zero-order chi connectivity index (χ0) is 42.8. The topological polar surface area (TPSA) is 111 Å². The van der Waals surface area contributed by atoms with Gasteiger partial charge in [0.1, 0.15) is 19.8 Å². The fourth-order valence-electron chi connectivity index (χ4n) is 6.43. The zero-order valence-electron chi connectivity index (χ0n) is 38.2. The number of esters is 2. The van der Waals surface area contributed by atoms with E-state index < -0.39 is 32.5 Å². The summed E-state index contributed by atoms with van der Waals surface area (Å²) in [5, 5.41) is 0. The van der Waals surface area contributed by atoms with Crippen LogP contribution in [0.3, 0.4) is 0 Å². The molecule has 0 saturated carbocycles. The van der Waals surface area contributed by atoms with Gasteiger partial charge >= 0.3 is 11.9 Å². The average molecular weight is 840 g/mol. The van der Waals surface area contributed by atoms with Crippen molar-refractivity contribution in [3.8, 4) is 0 Å². The number of rotatable bonds is 43. The van der Waals surface area contributed by atoms with Crippen molar-refractivity contribution in [2.45, 2.75) is 213 Å². The maximum atomic E-state index is 12.7. The molecule has 0 amide bonds. The Morgan fingerprint density at radius 3 is 1.41 bits per heavy atom. The Morgan fingerprint density at radius 1 is 0.534 bits per heavy atom. The average Bonchev–Trinajstić information content (AvgIpc) is 3.17. The molecule has 0 aliphatic heterocycles. The summed E-state index contributed by atoms with van der Waals surface area (Å²) in [7, 11) is 1.16. The van der Waals surface area contributed by atoms with E-state index >= 15 is 0 Å². The first-order valence-corrected chi connectivity index (χ1v) is 25.2. The molecule has 0 fully saturated rings. The van der Waals surface area contributed by atoms with Crippen molar-refractivity contribution in [1.29, 1.82) is 0 Å². The number of nitrogens with zero attached hydrogens (tertiary/aromatic N) is 1. The predicted octanol–water partition coefficient (Wildman–Crippen LogP) is 13.1. The number of carbonyl (C=O) groups excluding carboxylic acids is 2. The molecule has 2 atom stereocenters. The van der Waals surface area contributed by atoms with E-state index in [1.165, 1.54) is 116 Å². The van der Waals surface area contributed by atoms with Crippen LogP contribution in [-0.4, -0.2) is 70.0 Å². The normalized spacial score (nSPS) is 13.8. The lowest BCUT2D eigenvalue weighted by molar-refractivity contribution is -0.870. The van der Waals surface area contributed by atoms with E-state index in [2.05, 4.69) is 50.3 Å². The second-order valence-electron chi connectivity index (χ2n) is 17.1. The molecule has 1 unspecified atom stereocenters. The van der Waals surface area contributed by atoms with Gasteiger partial charge in [0.15, 0.2) is 6.10 Å². The molecule has 0 aliphatic rings. The highest BCUT2D eigenvalue weighted by molar-refractivity contribution is 7.45. The van der Waals surface area contributed by atoms with E-state index in [-0.39, 0.29) is 26.1 Å². The molecule has 0 radical (unpaired) electrons. The third-order valence-corrected chi connectivity index (χ3v) is 11.1. The molecule has 58 heavy (non-hydrogen) atoms. The minimum atomic E-state index is -4.63. The summed E-state index contributed by atoms with van der Waals surface area (Å²) in [6.45, 7) is 4.19. The molecule has 0 N–H and O–H groups in total. The molecule has 0 spiro atoms. The quantitative estimate of drug-likeness (QED) is 0.0196. The third kappa shape index (κ3) is 43.8. The van der Waals surface area contributed by atoms with Gasteiger partial charge in [0, 0.05) is 12.8 Å². The van der Waals surface area contributed by atoms with E-state index in [4.69, 9.17) is 18.5 Å². The lowest BCUT2D eigenvalue weighted by Crippen LogP contribution is -2.37. The molecule has 0 bridgehead atoms. The molecular formula is C48H90NO8P. The molecule has 0 rings (SSSR count). The Hall–Kier alpha value is -1.77. The minimum Gasteiger partial charge on any atom is -0.756 e. The summed E-state index contributed by atoms with van der Waals surface area (Å²) in [4.78, 5) is 37.6. The van der Waals surface area contributed by atoms with Crippen molar-refractivity contribution in [1.82, 2.24) is 0 Å². The first-order chi connectivity index (χ1) is 28.0. The molecular weight excluding hydrogens is 750 g/mol. The van der Waals surface area contributed by atoms with Gasteiger partial charge in [-0.3, -0.25) is 14.2 Å². The smallest absolute Gasteiger partial charge is 0.306 e. The predicted molar refractivity (Wildman–Crippen MR) is 241 cm³/mol. The first kappa shape index (κ1) is 56.2. The molecule has 10 heteroatoms. The number of ether oxygens (including phenoxy) is 2. The first-order valence-electron chi connectivity index (χ1n) is 23.7. The van der Waals surface area contributed by atoms with Crippen LogP contribution in [0.25, 0.3) is 0 Å². The number of hydrogen-bond acceptors (Lipinski definition) is 8. The largest absolute Gasteiger partial charge is 0.756 e.